The molecule has 1 amide bonds. The molecule has 0 aliphatic heterocycles. The molecule has 0 aliphatic carbocycles. The molecule has 0 unspecified atom stereocenters. The predicted octanol–water partition coefficient (Wildman–Crippen LogP) is 0.740. The Hall–Kier alpha value is -1.86. The van der Waals surface area contributed by atoms with Crippen molar-refractivity contribution in [2.75, 3.05) is 25.5 Å². The highest BCUT2D eigenvalue weighted by Gasteiger charge is 2.08. The van der Waals surface area contributed by atoms with Crippen molar-refractivity contribution in [3.8, 4) is 6.07 Å². The molecule has 0 saturated carbocycles. The molecule has 15 heavy (non-hydrogen) atoms. The van der Waals surface area contributed by atoms with E-state index in [2.05, 4.69) is 5.32 Å². The van der Waals surface area contributed by atoms with Crippen LogP contribution in [0.2, 0.25) is 0 Å². The lowest BCUT2D eigenvalue weighted by molar-refractivity contribution is -0.117. The largest absolute Gasteiger partial charge is 0.314 e. The second kappa shape index (κ2) is 5.13. The minimum absolute atomic E-state index is 0.0118. The summed E-state index contributed by atoms with van der Waals surface area (Å²) in [5, 5.41) is 11.4. The molecule has 0 radical (unpaired) electrons. The van der Waals surface area contributed by atoms with E-state index < -0.39 is 0 Å². The van der Waals surface area contributed by atoms with E-state index in [0.29, 0.717) is 12.1 Å². The van der Waals surface area contributed by atoms with Crippen molar-refractivity contribution in [2.24, 2.45) is 0 Å². The molecule has 0 atom stereocenters. The lowest BCUT2D eigenvalue weighted by Crippen LogP contribution is -2.33. The van der Waals surface area contributed by atoms with Crippen LogP contribution in [0, 0.1) is 11.3 Å². The molecular formula is C11H13N3O. The molecule has 0 aromatic heterocycles. The Balaban J connectivity index is 2.79. The lowest BCUT2D eigenvalue weighted by atomic mass is 10.2. The van der Waals surface area contributed by atoms with Crippen LogP contribution in [0.3, 0.4) is 0 Å². The number of nitrogens with one attached hydrogen (secondary N) is 1. The summed E-state index contributed by atoms with van der Waals surface area (Å²) in [5.74, 6) is -0.0118. The molecule has 4 nitrogen and oxygen atoms in total. The zero-order valence-electron chi connectivity index (χ0n) is 8.82. The molecule has 78 valence electrons. The quantitative estimate of drug-likeness (QED) is 0.788. The Labute approximate surface area is 89.1 Å². The standard InChI is InChI=1S/C11H13N3O/c1-13-8-11(15)14(2)10-5-3-9(7-12)4-6-10/h3-6,13H,8H2,1-2H3. The van der Waals surface area contributed by atoms with Gasteiger partial charge in [0.15, 0.2) is 0 Å². The Kier molecular flexibility index (Phi) is 3.83. The van der Waals surface area contributed by atoms with Crippen molar-refractivity contribution < 1.29 is 4.79 Å². The maximum Gasteiger partial charge on any atom is 0.240 e. The van der Waals surface area contributed by atoms with Gasteiger partial charge in [-0.15, -0.1) is 0 Å². The van der Waals surface area contributed by atoms with Crippen molar-refractivity contribution in [3.05, 3.63) is 29.8 Å². The molecule has 0 saturated heterocycles. The molecule has 0 heterocycles. The van der Waals surface area contributed by atoms with E-state index in [4.69, 9.17) is 5.26 Å². The molecule has 0 bridgehead atoms. The van der Waals surface area contributed by atoms with Gasteiger partial charge in [-0.05, 0) is 31.3 Å². The Morgan fingerprint density at radius 3 is 2.53 bits per heavy atom. The van der Waals surface area contributed by atoms with Crippen molar-refractivity contribution in [2.45, 2.75) is 0 Å². The van der Waals surface area contributed by atoms with Crippen molar-refractivity contribution in [3.63, 3.8) is 0 Å². The lowest BCUT2D eigenvalue weighted by Gasteiger charge is -2.16. The fourth-order valence-electron chi connectivity index (χ4n) is 1.17. The number of hydrogen-bond acceptors (Lipinski definition) is 3. The number of carbonyl (C=O) groups is 1. The highest BCUT2D eigenvalue weighted by atomic mass is 16.2. The summed E-state index contributed by atoms with van der Waals surface area (Å²) >= 11 is 0. The van der Waals surface area contributed by atoms with Crippen LogP contribution in [0.25, 0.3) is 0 Å². The molecule has 1 aromatic rings. The number of amides is 1. The first kappa shape index (κ1) is 11.2. The number of rotatable bonds is 3. The SMILES string of the molecule is CNCC(=O)N(C)c1ccc(C#N)cc1. The van der Waals surface area contributed by atoms with Gasteiger partial charge >= 0.3 is 0 Å². The number of benzene rings is 1. The molecular weight excluding hydrogens is 190 g/mol. The molecule has 0 aliphatic rings. The number of likely N-dealkylation sites (N-methyl/N-ethyl adjacent to an activating group) is 2. The average molecular weight is 203 g/mol. The van der Waals surface area contributed by atoms with Crippen LogP contribution < -0.4 is 10.2 Å². The number of hydrogen-bond donors (Lipinski definition) is 1. The van der Waals surface area contributed by atoms with Gasteiger partial charge in [0.1, 0.15) is 0 Å². The smallest absolute Gasteiger partial charge is 0.240 e. The van der Waals surface area contributed by atoms with Gasteiger partial charge in [0.05, 0.1) is 18.2 Å². The number of nitrogens with zero attached hydrogens (tertiary/aromatic N) is 2. The third-order valence-electron chi connectivity index (χ3n) is 2.09. The van der Waals surface area contributed by atoms with Crippen LogP contribution in [-0.2, 0) is 4.79 Å². The Bertz CT molecular complexity index is 378. The van der Waals surface area contributed by atoms with Crippen LogP contribution in [0.5, 0.6) is 0 Å². The fourth-order valence-corrected chi connectivity index (χ4v) is 1.17. The Morgan fingerprint density at radius 1 is 1.47 bits per heavy atom. The van der Waals surface area contributed by atoms with E-state index in [9.17, 15) is 4.79 Å². The van der Waals surface area contributed by atoms with Gasteiger partial charge in [-0.3, -0.25) is 4.79 Å². The second-order valence-corrected chi connectivity index (χ2v) is 3.14. The maximum absolute atomic E-state index is 11.5. The summed E-state index contributed by atoms with van der Waals surface area (Å²) in [5.41, 5.74) is 1.38. The number of anilines is 1. The van der Waals surface area contributed by atoms with Crippen molar-refractivity contribution in [1.82, 2.24) is 5.32 Å². The van der Waals surface area contributed by atoms with Crippen LogP contribution in [0.15, 0.2) is 24.3 Å². The third-order valence-corrected chi connectivity index (χ3v) is 2.09. The molecule has 1 rings (SSSR count). The summed E-state index contributed by atoms with van der Waals surface area (Å²) < 4.78 is 0. The van der Waals surface area contributed by atoms with Crippen LogP contribution in [0.1, 0.15) is 5.56 Å². The summed E-state index contributed by atoms with van der Waals surface area (Å²) in [4.78, 5) is 13.0. The van der Waals surface area contributed by atoms with E-state index in [1.165, 1.54) is 0 Å². The third kappa shape index (κ3) is 2.79. The summed E-state index contributed by atoms with van der Waals surface area (Å²) in [6.07, 6.45) is 0. The van der Waals surface area contributed by atoms with Gasteiger partial charge in [0.2, 0.25) is 5.91 Å². The minimum Gasteiger partial charge on any atom is -0.314 e. The van der Waals surface area contributed by atoms with E-state index in [1.807, 2.05) is 6.07 Å². The van der Waals surface area contributed by atoms with Gasteiger partial charge in [-0.2, -0.15) is 5.26 Å². The van der Waals surface area contributed by atoms with Gasteiger partial charge in [-0.25, -0.2) is 0 Å². The zero-order chi connectivity index (χ0) is 11.3. The molecule has 1 aromatic carbocycles. The van der Waals surface area contributed by atoms with Crippen LogP contribution in [-0.4, -0.2) is 26.5 Å². The molecule has 1 N–H and O–H groups in total. The Morgan fingerprint density at radius 2 is 2.07 bits per heavy atom. The highest BCUT2D eigenvalue weighted by Crippen LogP contribution is 2.13. The number of nitriles is 1. The molecule has 0 spiro atoms. The molecule has 0 fully saturated rings. The summed E-state index contributed by atoms with van der Waals surface area (Å²) in [6, 6.07) is 8.93. The van der Waals surface area contributed by atoms with Gasteiger partial charge in [0, 0.05) is 12.7 Å². The van der Waals surface area contributed by atoms with E-state index >= 15 is 0 Å². The fraction of sp³-hybridized carbons (Fsp3) is 0.273. The zero-order valence-corrected chi connectivity index (χ0v) is 8.82. The van der Waals surface area contributed by atoms with Gasteiger partial charge < -0.3 is 10.2 Å². The average Bonchev–Trinajstić information content (AvgIpc) is 2.28. The van der Waals surface area contributed by atoms with E-state index in [0.717, 1.165) is 5.69 Å². The van der Waals surface area contributed by atoms with Crippen LogP contribution in [0.4, 0.5) is 5.69 Å². The van der Waals surface area contributed by atoms with Crippen molar-refractivity contribution >= 4 is 11.6 Å². The number of carbonyl (C=O) groups excluding carboxylic acids is 1. The van der Waals surface area contributed by atoms with Gasteiger partial charge in [-0.1, -0.05) is 0 Å². The maximum atomic E-state index is 11.5. The predicted molar refractivity (Wildman–Crippen MR) is 58.5 cm³/mol. The highest BCUT2D eigenvalue weighted by molar-refractivity contribution is 5.94. The van der Waals surface area contributed by atoms with Crippen molar-refractivity contribution in [1.29, 1.82) is 5.26 Å². The van der Waals surface area contributed by atoms with Crippen LogP contribution >= 0.6 is 0 Å². The molecule has 4 heteroatoms. The normalized spacial score (nSPS) is 9.40. The van der Waals surface area contributed by atoms with Gasteiger partial charge in [0.25, 0.3) is 0 Å². The first-order valence-corrected chi connectivity index (χ1v) is 4.60. The monoisotopic (exact) mass is 203 g/mol. The van der Waals surface area contributed by atoms with E-state index in [1.54, 1.807) is 43.3 Å². The minimum atomic E-state index is -0.0118. The second-order valence-electron chi connectivity index (χ2n) is 3.14. The topological polar surface area (TPSA) is 56.1 Å². The first-order chi connectivity index (χ1) is 7.19. The summed E-state index contributed by atoms with van der Waals surface area (Å²) in [6.45, 7) is 0.302. The first-order valence-electron chi connectivity index (χ1n) is 4.60. The summed E-state index contributed by atoms with van der Waals surface area (Å²) in [7, 11) is 3.44. The van der Waals surface area contributed by atoms with E-state index in [-0.39, 0.29) is 5.91 Å².